The average Bonchev–Trinajstić information content (AvgIpc) is 2.30. The molecule has 0 saturated heterocycles. The van der Waals surface area contributed by atoms with E-state index in [1.807, 2.05) is 6.92 Å². The molecule has 0 unspecified atom stereocenters. The Balaban J connectivity index is 2.94. The standard InChI is InChI=1S/C11H13ClN2O3/c1-3-7(2)11(15)13-10-6-8(14(16)17)4-5-9(10)12/h4-7H,3H2,1-2H3,(H,13,15)/t7-/m0/s1. The van der Waals surface area contributed by atoms with Gasteiger partial charge in [-0.1, -0.05) is 25.4 Å². The molecule has 0 radical (unpaired) electrons. The molecular formula is C11H13ClN2O3. The lowest BCUT2D eigenvalue weighted by molar-refractivity contribution is -0.384. The zero-order chi connectivity index (χ0) is 13.0. The number of hydrogen-bond donors (Lipinski definition) is 1. The van der Waals surface area contributed by atoms with Gasteiger partial charge in [0, 0.05) is 18.1 Å². The molecule has 0 spiro atoms. The Labute approximate surface area is 104 Å². The van der Waals surface area contributed by atoms with Crippen molar-refractivity contribution in [3.63, 3.8) is 0 Å². The van der Waals surface area contributed by atoms with Crippen molar-refractivity contribution in [1.29, 1.82) is 0 Å². The lowest BCUT2D eigenvalue weighted by Crippen LogP contribution is -2.19. The van der Waals surface area contributed by atoms with E-state index in [0.29, 0.717) is 6.42 Å². The normalized spacial score (nSPS) is 11.9. The third-order valence-electron chi connectivity index (χ3n) is 2.48. The Morgan fingerprint density at radius 3 is 2.76 bits per heavy atom. The Bertz CT molecular complexity index is 448. The second-order valence-electron chi connectivity index (χ2n) is 3.72. The molecule has 1 amide bonds. The summed E-state index contributed by atoms with van der Waals surface area (Å²) in [5.41, 5.74) is 0.167. The predicted molar refractivity (Wildman–Crippen MR) is 66.2 cm³/mol. The van der Waals surface area contributed by atoms with Crippen molar-refractivity contribution in [2.45, 2.75) is 20.3 Å². The highest BCUT2D eigenvalue weighted by Crippen LogP contribution is 2.27. The van der Waals surface area contributed by atoms with Crippen LogP contribution in [0.5, 0.6) is 0 Å². The van der Waals surface area contributed by atoms with Gasteiger partial charge in [0.2, 0.25) is 5.91 Å². The molecule has 0 aliphatic heterocycles. The molecule has 1 N–H and O–H groups in total. The molecule has 0 aliphatic carbocycles. The lowest BCUT2D eigenvalue weighted by Gasteiger charge is -2.10. The number of rotatable bonds is 4. The number of nitro benzene ring substituents is 1. The molecule has 0 bridgehead atoms. The first-order valence-corrected chi connectivity index (χ1v) is 5.58. The Hall–Kier alpha value is -1.62. The van der Waals surface area contributed by atoms with Crippen LogP contribution in [0.2, 0.25) is 5.02 Å². The van der Waals surface area contributed by atoms with Crippen molar-refractivity contribution in [1.82, 2.24) is 0 Å². The number of halogens is 1. The van der Waals surface area contributed by atoms with Crippen molar-refractivity contribution in [2.24, 2.45) is 5.92 Å². The van der Waals surface area contributed by atoms with Gasteiger partial charge in [0.1, 0.15) is 0 Å². The van der Waals surface area contributed by atoms with E-state index >= 15 is 0 Å². The number of hydrogen-bond acceptors (Lipinski definition) is 3. The quantitative estimate of drug-likeness (QED) is 0.664. The first kappa shape index (κ1) is 13.4. The lowest BCUT2D eigenvalue weighted by atomic mass is 10.1. The van der Waals surface area contributed by atoms with Crippen LogP contribution in [0.15, 0.2) is 18.2 Å². The van der Waals surface area contributed by atoms with Gasteiger partial charge in [-0.15, -0.1) is 0 Å². The van der Waals surface area contributed by atoms with E-state index < -0.39 is 4.92 Å². The maximum atomic E-state index is 11.6. The van der Waals surface area contributed by atoms with Crippen LogP contribution in [0.25, 0.3) is 0 Å². The van der Waals surface area contributed by atoms with Gasteiger partial charge in [0.05, 0.1) is 15.6 Å². The van der Waals surface area contributed by atoms with Crippen LogP contribution < -0.4 is 5.32 Å². The van der Waals surface area contributed by atoms with E-state index in [9.17, 15) is 14.9 Å². The number of non-ortho nitro benzene ring substituents is 1. The monoisotopic (exact) mass is 256 g/mol. The van der Waals surface area contributed by atoms with Gasteiger partial charge >= 0.3 is 0 Å². The van der Waals surface area contributed by atoms with Crippen LogP contribution in [0, 0.1) is 16.0 Å². The maximum absolute atomic E-state index is 11.6. The van der Waals surface area contributed by atoms with Crippen molar-refractivity contribution in [2.75, 3.05) is 5.32 Å². The zero-order valence-corrected chi connectivity index (χ0v) is 10.3. The van der Waals surface area contributed by atoms with Gasteiger partial charge < -0.3 is 5.32 Å². The topological polar surface area (TPSA) is 72.2 Å². The summed E-state index contributed by atoms with van der Waals surface area (Å²) >= 11 is 5.86. The van der Waals surface area contributed by atoms with E-state index in [2.05, 4.69) is 5.32 Å². The molecule has 0 fully saturated rings. The molecule has 5 nitrogen and oxygen atoms in total. The summed E-state index contributed by atoms with van der Waals surface area (Å²) in [6.07, 6.45) is 0.693. The molecular weight excluding hydrogens is 244 g/mol. The fourth-order valence-electron chi connectivity index (χ4n) is 1.16. The fourth-order valence-corrected chi connectivity index (χ4v) is 1.33. The summed E-state index contributed by atoms with van der Waals surface area (Å²) in [4.78, 5) is 21.7. The fraction of sp³-hybridized carbons (Fsp3) is 0.364. The minimum atomic E-state index is -0.533. The van der Waals surface area contributed by atoms with Gasteiger partial charge in [-0.25, -0.2) is 0 Å². The van der Waals surface area contributed by atoms with E-state index in [4.69, 9.17) is 11.6 Å². The van der Waals surface area contributed by atoms with Crippen LogP contribution in [-0.2, 0) is 4.79 Å². The van der Waals surface area contributed by atoms with E-state index in [1.54, 1.807) is 6.92 Å². The summed E-state index contributed by atoms with van der Waals surface area (Å²) < 4.78 is 0. The van der Waals surface area contributed by atoms with Crippen LogP contribution >= 0.6 is 11.6 Å². The number of carbonyl (C=O) groups excluding carboxylic acids is 1. The Morgan fingerprint density at radius 1 is 1.59 bits per heavy atom. The van der Waals surface area contributed by atoms with Gasteiger partial charge in [-0.2, -0.15) is 0 Å². The van der Waals surface area contributed by atoms with Gasteiger partial charge in [0.15, 0.2) is 0 Å². The second-order valence-corrected chi connectivity index (χ2v) is 4.13. The van der Waals surface area contributed by atoms with Crippen molar-refractivity contribution in [3.8, 4) is 0 Å². The predicted octanol–water partition coefficient (Wildman–Crippen LogP) is 3.23. The van der Waals surface area contributed by atoms with Crippen molar-refractivity contribution in [3.05, 3.63) is 33.3 Å². The molecule has 6 heteroatoms. The Kier molecular flexibility index (Phi) is 4.45. The first-order valence-electron chi connectivity index (χ1n) is 5.20. The Morgan fingerprint density at radius 2 is 2.24 bits per heavy atom. The first-order chi connectivity index (χ1) is 7.95. The average molecular weight is 257 g/mol. The number of nitrogens with one attached hydrogen (secondary N) is 1. The van der Waals surface area contributed by atoms with Crippen LogP contribution in [0.4, 0.5) is 11.4 Å². The molecule has 1 aromatic rings. The summed E-state index contributed by atoms with van der Waals surface area (Å²) in [7, 11) is 0. The molecule has 0 saturated carbocycles. The number of anilines is 1. The minimum absolute atomic E-state index is 0.103. The number of amides is 1. The summed E-state index contributed by atoms with van der Waals surface area (Å²) in [6, 6.07) is 3.94. The number of carbonyl (C=O) groups is 1. The summed E-state index contributed by atoms with van der Waals surface area (Å²) in [6.45, 7) is 3.67. The third-order valence-corrected chi connectivity index (χ3v) is 2.81. The largest absolute Gasteiger partial charge is 0.324 e. The van der Waals surface area contributed by atoms with E-state index in [1.165, 1.54) is 18.2 Å². The SMILES string of the molecule is CC[C@H](C)C(=O)Nc1cc([N+](=O)[O-])ccc1Cl. The minimum Gasteiger partial charge on any atom is -0.324 e. The van der Waals surface area contributed by atoms with E-state index in [0.717, 1.165) is 0 Å². The summed E-state index contributed by atoms with van der Waals surface area (Å²) in [5.74, 6) is -0.361. The second kappa shape index (κ2) is 5.63. The molecule has 0 aliphatic rings. The highest BCUT2D eigenvalue weighted by Gasteiger charge is 2.15. The molecule has 1 rings (SSSR count). The van der Waals surface area contributed by atoms with Crippen molar-refractivity contribution >= 4 is 28.9 Å². The highest BCUT2D eigenvalue weighted by molar-refractivity contribution is 6.33. The number of nitrogens with zero attached hydrogens (tertiary/aromatic N) is 1. The molecule has 92 valence electrons. The third kappa shape index (κ3) is 3.42. The smallest absolute Gasteiger partial charge is 0.271 e. The maximum Gasteiger partial charge on any atom is 0.271 e. The number of benzene rings is 1. The van der Waals surface area contributed by atoms with Gasteiger partial charge in [-0.05, 0) is 12.5 Å². The van der Waals surface area contributed by atoms with Crippen LogP contribution in [-0.4, -0.2) is 10.8 Å². The van der Waals surface area contributed by atoms with Crippen molar-refractivity contribution < 1.29 is 9.72 Å². The van der Waals surface area contributed by atoms with Gasteiger partial charge in [0.25, 0.3) is 5.69 Å². The summed E-state index contributed by atoms with van der Waals surface area (Å²) in [5, 5.41) is 13.5. The molecule has 1 atom stereocenters. The van der Waals surface area contributed by atoms with Gasteiger partial charge in [-0.3, -0.25) is 14.9 Å². The molecule has 17 heavy (non-hydrogen) atoms. The molecule has 0 aromatic heterocycles. The molecule has 1 aromatic carbocycles. The molecule has 0 heterocycles. The van der Waals surface area contributed by atoms with Crippen LogP contribution in [0.3, 0.4) is 0 Å². The zero-order valence-electron chi connectivity index (χ0n) is 9.57. The van der Waals surface area contributed by atoms with E-state index in [-0.39, 0.29) is 28.2 Å². The van der Waals surface area contributed by atoms with Crippen LogP contribution in [0.1, 0.15) is 20.3 Å². The highest BCUT2D eigenvalue weighted by atomic mass is 35.5. The number of nitro groups is 1.